The van der Waals surface area contributed by atoms with E-state index in [-0.39, 0.29) is 0 Å². The minimum Gasteiger partial charge on any atom is -0.308 e. The van der Waals surface area contributed by atoms with Gasteiger partial charge in [-0.2, -0.15) is 0 Å². The molecule has 96 valence electrons. The summed E-state index contributed by atoms with van der Waals surface area (Å²) in [5.74, 6) is 0. The highest BCUT2D eigenvalue weighted by atomic mass is 79.9. The van der Waals surface area contributed by atoms with Crippen molar-refractivity contribution < 1.29 is 0 Å². The van der Waals surface area contributed by atoms with E-state index in [0.29, 0.717) is 6.04 Å². The van der Waals surface area contributed by atoms with Crippen LogP contribution in [0.25, 0.3) is 0 Å². The van der Waals surface area contributed by atoms with Crippen LogP contribution in [0.3, 0.4) is 0 Å². The first-order valence-electron chi connectivity index (χ1n) is 6.15. The van der Waals surface area contributed by atoms with Gasteiger partial charge in [0, 0.05) is 9.85 Å². The third-order valence-electron chi connectivity index (χ3n) is 2.80. The molecule has 2 aromatic rings. The minimum atomic E-state index is 0.317. The van der Waals surface area contributed by atoms with Crippen LogP contribution in [0, 0.1) is 0 Å². The van der Waals surface area contributed by atoms with Crippen molar-refractivity contribution in [3.05, 3.63) is 50.9 Å². The van der Waals surface area contributed by atoms with Crippen molar-refractivity contribution in [2.24, 2.45) is 0 Å². The maximum absolute atomic E-state index is 4.43. The van der Waals surface area contributed by atoms with Crippen LogP contribution in [-0.4, -0.2) is 11.5 Å². The zero-order chi connectivity index (χ0) is 12.8. The van der Waals surface area contributed by atoms with Crippen LogP contribution in [0.5, 0.6) is 0 Å². The molecule has 1 aromatic heterocycles. The number of thiazole rings is 1. The van der Waals surface area contributed by atoms with Crippen LogP contribution in [0.1, 0.15) is 30.6 Å². The van der Waals surface area contributed by atoms with E-state index in [9.17, 15) is 0 Å². The SMILES string of the molecule is CCCNC(Cc1ccc(Br)cc1)c1cscn1. The lowest BCUT2D eigenvalue weighted by Crippen LogP contribution is -2.24. The molecule has 0 saturated heterocycles. The number of nitrogens with one attached hydrogen (secondary N) is 1. The van der Waals surface area contributed by atoms with Gasteiger partial charge in [-0.1, -0.05) is 35.0 Å². The summed E-state index contributed by atoms with van der Waals surface area (Å²) < 4.78 is 1.12. The van der Waals surface area contributed by atoms with Gasteiger partial charge in [-0.15, -0.1) is 11.3 Å². The summed E-state index contributed by atoms with van der Waals surface area (Å²) in [4.78, 5) is 4.43. The van der Waals surface area contributed by atoms with Crippen LogP contribution in [0.4, 0.5) is 0 Å². The molecule has 2 rings (SSSR count). The molecular formula is C14H17BrN2S. The van der Waals surface area contributed by atoms with Gasteiger partial charge in [0.15, 0.2) is 0 Å². The van der Waals surface area contributed by atoms with Gasteiger partial charge in [0.2, 0.25) is 0 Å². The second-order valence-corrected chi connectivity index (χ2v) is 5.88. The zero-order valence-electron chi connectivity index (χ0n) is 10.4. The average molecular weight is 325 g/mol. The normalized spacial score (nSPS) is 12.6. The summed E-state index contributed by atoms with van der Waals surface area (Å²) >= 11 is 5.12. The Morgan fingerprint density at radius 1 is 1.33 bits per heavy atom. The first-order chi connectivity index (χ1) is 8.79. The van der Waals surface area contributed by atoms with Gasteiger partial charge >= 0.3 is 0 Å². The van der Waals surface area contributed by atoms with Gasteiger partial charge in [-0.25, -0.2) is 4.98 Å². The van der Waals surface area contributed by atoms with Crippen molar-refractivity contribution in [3.8, 4) is 0 Å². The lowest BCUT2D eigenvalue weighted by molar-refractivity contribution is 0.520. The van der Waals surface area contributed by atoms with Crippen molar-refractivity contribution in [2.45, 2.75) is 25.8 Å². The molecule has 0 radical (unpaired) electrons. The third kappa shape index (κ3) is 3.90. The Labute approximate surface area is 121 Å². The van der Waals surface area contributed by atoms with Crippen molar-refractivity contribution in [1.82, 2.24) is 10.3 Å². The van der Waals surface area contributed by atoms with Gasteiger partial charge in [0.05, 0.1) is 17.2 Å². The first kappa shape index (κ1) is 13.7. The fraction of sp³-hybridized carbons (Fsp3) is 0.357. The van der Waals surface area contributed by atoms with Gasteiger partial charge in [0.1, 0.15) is 0 Å². The molecule has 4 heteroatoms. The lowest BCUT2D eigenvalue weighted by Gasteiger charge is -2.16. The van der Waals surface area contributed by atoms with Crippen LogP contribution in [0.15, 0.2) is 39.6 Å². The topological polar surface area (TPSA) is 24.9 Å². The fourth-order valence-corrected chi connectivity index (χ4v) is 2.72. The Kier molecular flexibility index (Phi) is 5.35. The Morgan fingerprint density at radius 3 is 2.72 bits per heavy atom. The number of halogens is 1. The highest BCUT2D eigenvalue weighted by Crippen LogP contribution is 2.20. The molecule has 1 atom stereocenters. The molecule has 1 N–H and O–H groups in total. The average Bonchev–Trinajstić information content (AvgIpc) is 2.90. The molecule has 18 heavy (non-hydrogen) atoms. The van der Waals surface area contributed by atoms with Crippen LogP contribution in [-0.2, 0) is 6.42 Å². The summed E-state index contributed by atoms with van der Waals surface area (Å²) in [7, 11) is 0. The van der Waals surface area contributed by atoms with E-state index in [1.54, 1.807) is 11.3 Å². The molecule has 0 saturated carbocycles. The quantitative estimate of drug-likeness (QED) is 0.861. The molecule has 0 fully saturated rings. The van der Waals surface area contributed by atoms with E-state index in [4.69, 9.17) is 0 Å². The molecule has 2 nitrogen and oxygen atoms in total. The smallest absolute Gasteiger partial charge is 0.0795 e. The summed E-state index contributed by atoms with van der Waals surface area (Å²) in [5.41, 5.74) is 4.38. The molecule has 0 amide bonds. The largest absolute Gasteiger partial charge is 0.308 e. The monoisotopic (exact) mass is 324 g/mol. The molecular weight excluding hydrogens is 308 g/mol. The van der Waals surface area contributed by atoms with Crippen molar-refractivity contribution >= 4 is 27.3 Å². The maximum Gasteiger partial charge on any atom is 0.0795 e. The summed E-state index contributed by atoms with van der Waals surface area (Å²) in [6.07, 6.45) is 2.12. The van der Waals surface area contributed by atoms with Crippen molar-refractivity contribution in [2.75, 3.05) is 6.54 Å². The van der Waals surface area contributed by atoms with Gasteiger partial charge in [-0.3, -0.25) is 0 Å². The van der Waals surface area contributed by atoms with E-state index in [2.05, 4.69) is 62.8 Å². The predicted octanol–water partition coefficient (Wildman–Crippen LogP) is 4.19. The Morgan fingerprint density at radius 2 is 2.11 bits per heavy atom. The van der Waals surface area contributed by atoms with E-state index in [1.165, 1.54) is 5.56 Å². The number of benzene rings is 1. The van der Waals surface area contributed by atoms with Crippen LogP contribution in [0.2, 0.25) is 0 Å². The van der Waals surface area contributed by atoms with E-state index >= 15 is 0 Å². The number of nitrogens with zero attached hydrogens (tertiary/aromatic N) is 1. The van der Waals surface area contributed by atoms with Crippen LogP contribution < -0.4 is 5.32 Å². The molecule has 1 unspecified atom stereocenters. The Bertz CT molecular complexity index is 453. The predicted molar refractivity (Wildman–Crippen MR) is 81.0 cm³/mol. The minimum absolute atomic E-state index is 0.317. The number of rotatable bonds is 6. The molecule has 1 aromatic carbocycles. The zero-order valence-corrected chi connectivity index (χ0v) is 12.8. The number of aromatic nitrogens is 1. The number of hydrogen-bond acceptors (Lipinski definition) is 3. The van der Waals surface area contributed by atoms with E-state index < -0.39 is 0 Å². The van der Waals surface area contributed by atoms with E-state index in [0.717, 1.165) is 29.6 Å². The van der Waals surface area contributed by atoms with Crippen molar-refractivity contribution in [3.63, 3.8) is 0 Å². The molecule has 0 aliphatic carbocycles. The summed E-state index contributed by atoms with van der Waals surface area (Å²) in [5, 5.41) is 5.70. The molecule has 1 heterocycles. The lowest BCUT2D eigenvalue weighted by atomic mass is 10.0. The molecule has 0 aliphatic rings. The van der Waals surface area contributed by atoms with E-state index in [1.807, 2.05) is 5.51 Å². The Balaban J connectivity index is 2.07. The maximum atomic E-state index is 4.43. The highest BCUT2D eigenvalue weighted by Gasteiger charge is 2.13. The standard InChI is InChI=1S/C14H17BrN2S/c1-2-7-16-13(14-9-18-10-17-14)8-11-3-5-12(15)6-4-11/h3-6,9-10,13,16H,2,7-8H2,1H3. The fourth-order valence-electron chi connectivity index (χ4n) is 1.85. The summed E-state index contributed by atoms with van der Waals surface area (Å²) in [6, 6.07) is 8.83. The molecule has 0 bridgehead atoms. The Hall–Kier alpha value is -0.710. The summed E-state index contributed by atoms with van der Waals surface area (Å²) in [6.45, 7) is 3.21. The van der Waals surface area contributed by atoms with Gasteiger partial charge < -0.3 is 5.32 Å². The second kappa shape index (κ2) is 7.02. The van der Waals surface area contributed by atoms with Crippen LogP contribution >= 0.6 is 27.3 Å². The first-order valence-corrected chi connectivity index (χ1v) is 7.89. The highest BCUT2D eigenvalue weighted by molar-refractivity contribution is 9.10. The second-order valence-electron chi connectivity index (χ2n) is 4.25. The van der Waals surface area contributed by atoms with Gasteiger partial charge in [-0.05, 0) is 37.1 Å². The van der Waals surface area contributed by atoms with Crippen molar-refractivity contribution in [1.29, 1.82) is 0 Å². The molecule has 0 aliphatic heterocycles. The van der Waals surface area contributed by atoms with Gasteiger partial charge in [0.25, 0.3) is 0 Å². The third-order valence-corrected chi connectivity index (χ3v) is 3.94. The molecule has 0 spiro atoms. The number of hydrogen-bond donors (Lipinski definition) is 1.